The Bertz CT molecular complexity index is 260. The fourth-order valence-electron chi connectivity index (χ4n) is 2.65. The van der Waals surface area contributed by atoms with Crippen LogP contribution in [0.2, 0.25) is 0 Å². The van der Waals surface area contributed by atoms with Crippen molar-refractivity contribution in [2.45, 2.75) is 78.1 Å². The van der Waals surface area contributed by atoms with Crippen molar-refractivity contribution >= 4 is 11.6 Å². The minimum Gasteiger partial charge on any atom is -0.300 e. The van der Waals surface area contributed by atoms with Crippen LogP contribution in [0.3, 0.4) is 0 Å². The minimum absolute atomic E-state index is 0.464. The highest BCUT2D eigenvalue weighted by Gasteiger charge is 2.21. The van der Waals surface area contributed by atoms with E-state index < -0.39 is 0 Å². The molecule has 0 aliphatic heterocycles. The molecule has 0 amide bonds. The number of ketones is 2. The van der Waals surface area contributed by atoms with Gasteiger partial charge in [0.25, 0.3) is 0 Å². The number of rotatable bonds is 3. The van der Waals surface area contributed by atoms with Crippen LogP contribution in [0.5, 0.6) is 0 Å². The highest BCUT2D eigenvalue weighted by Crippen LogP contribution is 2.27. The SMILES string of the molecule is CC(C)CCC1CCC(=O)C1.O=C1CCCCC1. The van der Waals surface area contributed by atoms with Crippen LogP contribution in [0.4, 0.5) is 0 Å². The van der Waals surface area contributed by atoms with E-state index in [1.807, 2.05) is 0 Å². The molecule has 0 bridgehead atoms. The summed E-state index contributed by atoms with van der Waals surface area (Å²) in [6.07, 6.45) is 10.7. The van der Waals surface area contributed by atoms with Crippen molar-refractivity contribution in [2.24, 2.45) is 11.8 Å². The number of Topliss-reactive ketones (excluding diaryl/α,β-unsaturated/α-hetero) is 2. The Morgan fingerprint density at radius 3 is 2.06 bits per heavy atom. The fourth-order valence-corrected chi connectivity index (χ4v) is 2.65. The van der Waals surface area contributed by atoms with Gasteiger partial charge < -0.3 is 0 Å². The van der Waals surface area contributed by atoms with Gasteiger partial charge in [-0.1, -0.05) is 26.7 Å². The lowest BCUT2D eigenvalue weighted by Crippen LogP contribution is -2.02. The topological polar surface area (TPSA) is 34.1 Å². The van der Waals surface area contributed by atoms with Gasteiger partial charge in [-0.3, -0.25) is 9.59 Å². The first kappa shape index (κ1) is 15.4. The lowest BCUT2D eigenvalue weighted by Gasteiger charge is -2.08. The highest BCUT2D eigenvalue weighted by atomic mass is 16.1. The van der Waals surface area contributed by atoms with Crippen LogP contribution in [0, 0.1) is 11.8 Å². The summed E-state index contributed by atoms with van der Waals surface area (Å²) in [7, 11) is 0. The molecule has 18 heavy (non-hydrogen) atoms. The molecule has 104 valence electrons. The van der Waals surface area contributed by atoms with E-state index in [0.717, 1.165) is 56.8 Å². The molecule has 0 aromatic heterocycles. The standard InChI is InChI=1S/C10H18O.C6H10O/c1-8(2)3-4-9-5-6-10(11)7-9;7-6-4-2-1-3-5-6/h8-9H,3-7H2,1-2H3;1-5H2. The van der Waals surface area contributed by atoms with Gasteiger partial charge in [-0.15, -0.1) is 0 Å². The average Bonchev–Trinajstić information content (AvgIpc) is 2.74. The predicted octanol–water partition coefficient (Wildman–Crippen LogP) is 4.31. The monoisotopic (exact) mass is 252 g/mol. The van der Waals surface area contributed by atoms with Gasteiger partial charge in [0.05, 0.1) is 0 Å². The zero-order valence-corrected chi connectivity index (χ0v) is 12.0. The van der Waals surface area contributed by atoms with Gasteiger partial charge in [-0.2, -0.15) is 0 Å². The summed E-state index contributed by atoms with van der Waals surface area (Å²) < 4.78 is 0. The molecule has 0 spiro atoms. The minimum atomic E-state index is 0.464. The summed E-state index contributed by atoms with van der Waals surface area (Å²) in [5.41, 5.74) is 0. The van der Waals surface area contributed by atoms with Crippen LogP contribution in [0.15, 0.2) is 0 Å². The van der Waals surface area contributed by atoms with E-state index in [4.69, 9.17) is 0 Å². The van der Waals surface area contributed by atoms with Gasteiger partial charge >= 0.3 is 0 Å². The fraction of sp³-hybridized carbons (Fsp3) is 0.875. The van der Waals surface area contributed by atoms with E-state index >= 15 is 0 Å². The molecule has 0 N–H and O–H groups in total. The Hall–Kier alpha value is -0.660. The molecule has 0 aromatic carbocycles. The molecule has 2 saturated carbocycles. The first-order valence-electron chi connectivity index (χ1n) is 7.61. The second-order valence-electron chi connectivity index (χ2n) is 6.22. The lowest BCUT2D eigenvalue weighted by molar-refractivity contribution is -0.120. The van der Waals surface area contributed by atoms with Gasteiger partial charge in [0, 0.05) is 25.7 Å². The van der Waals surface area contributed by atoms with Crippen molar-refractivity contribution in [1.29, 1.82) is 0 Å². The van der Waals surface area contributed by atoms with E-state index in [1.54, 1.807) is 0 Å². The Balaban J connectivity index is 0.000000199. The molecular formula is C16H28O2. The van der Waals surface area contributed by atoms with Crippen LogP contribution in [-0.4, -0.2) is 11.6 Å². The Kier molecular flexibility index (Phi) is 7.22. The van der Waals surface area contributed by atoms with Crippen molar-refractivity contribution in [1.82, 2.24) is 0 Å². The van der Waals surface area contributed by atoms with Crippen molar-refractivity contribution in [3.63, 3.8) is 0 Å². The summed E-state index contributed by atoms with van der Waals surface area (Å²) in [4.78, 5) is 21.4. The number of carbonyl (C=O) groups excluding carboxylic acids is 2. The van der Waals surface area contributed by atoms with Crippen molar-refractivity contribution in [2.75, 3.05) is 0 Å². The summed E-state index contributed by atoms with van der Waals surface area (Å²) in [5, 5.41) is 0. The Labute approximate surface area is 112 Å². The second kappa shape index (κ2) is 8.44. The number of hydrogen-bond donors (Lipinski definition) is 0. The van der Waals surface area contributed by atoms with Crippen LogP contribution >= 0.6 is 0 Å². The molecule has 2 rings (SSSR count). The smallest absolute Gasteiger partial charge is 0.133 e. The maximum atomic E-state index is 10.9. The van der Waals surface area contributed by atoms with Crippen LogP contribution in [0.1, 0.15) is 78.1 Å². The third-order valence-corrected chi connectivity index (χ3v) is 3.91. The molecule has 1 unspecified atom stereocenters. The summed E-state index contributed by atoms with van der Waals surface area (Å²) >= 11 is 0. The molecule has 2 fully saturated rings. The largest absolute Gasteiger partial charge is 0.300 e. The Morgan fingerprint density at radius 1 is 1.00 bits per heavy atom. The van der Waals surface area contributed by atoms with E-state index in [9.17, 15) is 9.59 Å². The van der Waals surface area contributed by atoms with Gasteiger partial charge in [0.2, 0.25) is 0 Å². The van der Waals surface area contributed by atoms with E-state index in [-0.39, 0.29) is 0 Å². The lowest BCUT2D eigenvalue weighted by atomic mass is 9.97. The molecule has 0 radical (unpaired) electrons. The molecule has 2 aliphatic carbocycles. The molecule has 0 aromatic rings. The van der Waals surface area contributed by atoms with E-state index in [0.29, 0.717) is 11.6 Å². The normalized spacial score (nSPS) is 24.1. The second-order valence-corrected chi connectivity index (χ2v) is 6.22. The third kappa shape index (κ3) is 6.93. The quantitative estimate of drug-likeness (QED) is 0.750. The zero-order chi connectivity index (χ0) is 13.4. The molecule has 2 aliphatic rings. The van der Waals surface area contributed by atoms with Gasteiger partial charge in [0.1, 0.15) is 11.6 Å². The third-order valence-electron chi connectivity index (χ3n) is 3.91. The number of hydrogen-bond acceptors (Lipinski definition) is 2. The van der Waals surface area contributed by atoms with Gasteiger partial charge in [-0.25, -0.2) is 0 Å². The van der Waals surface area contributed by atoms with Crippen LogP contribution < -0.4 is 0 Å². The summed E-state index contributed by atoms with van der Waals surface area (Å²) in [6, 6.07) is 0. The van der Waals surface area contributed by atoms with Gasteiger partial charge in [0.15, 0.2) is 0 Å². The average molecular weight is 252 g/mol. The summed E-state index contributed by atoms with van der Waals surface area (Å²) in [5.74, 6) is 2.47. The predicted molar refractivity (Wildman–Crippen MR) is 74.5 cm³/mol. The van der Waals surface area contributed by atoms with Crippen molar-refractivity contribution in [3.05, 3.63) is 0 Å². The van der Waals surface area contributed by atoms with Crippen LogP contribution in [0.25, 0.3) is 0 Å². The van der Waals surface area contributed by atoms with E-state index in [1.165, 1.54) is 19.3 Å². The molecule has 1 atom stereocenters. The first-order valence-corrected chi connectivity index (χ1v) is 7.61. The van der Waals surface area contributed by atoms with Crippen molar-refractivity contribution in [3.8, 4) is 0 Å². The highest BCUT2D eigenvalue weighted by molar-refractivity contribution is 5.80. The molecule has 0 heterocycles. The van der Waals surface area contributed by atoms with Gasteiger partial charge in [-0.05, 0) is 37.5 Å². The van der Waals surface area contributed by atoms with E-state index in [2.05, 4.69) is 13.8 Å². The van der Waals surface area contributed by atoms with Crippen molar-refractivity contribution < 1.29 is 9.59 Å². The molecule has 0 saturated heterocycles. The first-order chi connectivity index (χ1) is 8.58. The zero-order valence-electron chi connectivity index (χ0n) is 12.0. The van der Waals surface area contributed by atoms with Crippen LogP contribution in [-0.2, 0) is 9.59 Å². The molecular weight excluding hydrogens is 224 g/mol. The maximum absolute atomic E-state index is 10.9. The molecule has 2 heteroatoms. The molecule has 2 nitrogen and oxygen atoms in total. The Morgan fingerprint density at radius 2 is 1.67 bits per heavy atom. The maximum Gasteiger partial charge on any atom is 0.133 e. The summed E-state index contributed by atoms with van der Waals surface area (Å²) in [6.45, 7) is 4.49. The number of carbonyl (C=O) groups is 2.